The molecule has 2 N–H and O–H groups in total. The lowest BCUT2D eigenvalue weighted by Gasteiger charge is -2.21. The number of nitrogens with one attached hydrogen (secondary N) is 2. The van der Waals surface area contributed by atoms with Gasteiger partial charge in [-0.05, 0) is 55.9 Å². The first-order valence-electron chi connectivity index (χ1n) is 10.2. The van der Waals surface area contributed by atoms with Crippen molar-refractivity contribution in [3.05, 3.63) is 50.4 Å². The third kappa shape index (κ3) is 3.32. The second-order valence-electron chi connectivity index (χ2n) is 8.42. The van der Waals surface area contributed by atoms with E-state index < -0.39 is 0 Å². The maximum absolute atomic E-state index is 12.9. The molecule has 3 atom stereocenters. The van der Waals surface area contributed by atoms with Gasteiger partial charge in [-0.1, -0.05) is 6.92 Å². The molecule has 7 heteroatoms. The molecule has 152 valence electrons. The van der Waals surface area contributed by atoms with Gasteiger partial charge in [-0.15, -0.1) is 11.3 Å². The molecule has 2 aliphatic rings. The van der Waals surface area contributed by atoms with Crippen molar-refractivity contribution in [3.8, 4) is 11.5 Å². The van der Waals surface area contributed by atoms with Crippen LogP contribution >= 0.6 is 11.3 Å². The molecule has 6 nitrogen and oxygen atoms in total. The number of aromatic amines is 1. The quantitative estimate of drug-likeness (QED) is 0.691. The number of nitrogens with zero attached hydrogens (tertiary/aromatic N) is 1. The Hall–Kier alpha value is -2.38. The highest BCUT2D eigenvalue weighted by Crippen LogP contribution is 2.36. The van der Waals surface area contributed by atoms with Crippen LogP contribution in [-0.2, 0) is 19.4 Å². The molecule has 1 aliphatic carbocycles. The molecule has 0 spiro atoms. The van der Waals surface area contributed by atoms with Crippen LogP contribution in [0.3, 0.4) is 0 Å². The number of benzene rings is 1. The largest absolute Gasteiger partial charge is 0.454 e. The number of ether oxygens (including phenoxy) is 2. The minimum absolute atomic E-state index is 0.0137. The van der Waals surface area contributed by atoms with Crippen LogP contribution in [0.5, 0.6) is 11.5 Å². The van der Waals surface area contributed by atoms with Crippen molar-refractivity contribution >= 4 is 21.6 Å². The van der Waals surface area contributed by atoms with Gasteiger partial charge in [0.05, 0.1) is 12.4 Å². The van der Waals surface area contributed by atoms with Crippen molar-refractivity contribution in [1.82, 2.24) is 9.97 Å². The molecule has 2 aromatic heterocycles. The van der Waals surface area contributed by atoms with Crippen LogP contribution in [0.15, 0.2) is 23.0 Å². The van der Waals surface area contributed by atoms with Crippen molar-refractivity contribution in [2.24, 2.45) is 5.92 Å². The molecule has 3 aromatic rings. The van der Waals surface area contributed by atoms with E-state index in [1.165, 1.54) is 20.9 Å². The van der Waals surface area contributed by atoms with Crippen LogP contribution in [0.2, 0.25) is 0 Å². The molecule has 1 aromatic carbocycles. The van der Waals surface area contributed by atoms with E-state index in [0.29, 0.717) is 5.92 Å². The van der Waals surface area contributed by atoms with Gasteiger partial charge in [0.15, 0.2) is 17.3 Å². The van der Waals surface area contributed by atoms with E-state index in [-0.39, 0.29) is 18.4 Å². The summed E-state index contributed by atoms with van der Waals surface area (Å²) in [6.07, 6.45) is 3.21. The first-order chi connectivity index (χ1) is 14.0. The standard InChI is InChI=1S/C22H25N3O3S/c1-12-4-6-15-18(8-12)29-22-19(15)21(26)23-20(24-22)13(2)25(3)10-14-5-7-16-17(9-14)28-11-27-16/h5,7,9,12-13H,4,6,8,10-11H2,1-3H3,(H,23,24,26)/p+1/t12-,13-/m1/s1. The molecule has 3 heterocycles. The fourth-order valence-corrected chi connectivity index (χ4v) is 5.72. The zero-order valence-electron chi connectivity index (χ0n) is 17.0. The molecule has 1 aliphatic heterocycles. The average Bonchev–Trinajstić information content (AvgIpc) is 3.30. The molecule has 5 rings (SSSR count). The molecule has 0 radical (unpaired) electrons. The maximum atomic E-state index is 12.9. The number of aryl methyl sites for hydroxylation is 1. The predicted molar refractivity (Wildman–Crippen MR) is 113 cm³/mol. The Morgan fingerprint density at radius 3 is 3.03 bits per heavy atom. The van der Waals surface area contributed by atoms with Crippen LogP contribution in [0.4, 0.5) is 0 Å². The molecule has 29 heavy (non-hydrogen) atoms. The normalized spacial score (nSPS) is 19.9. The molecule has 0 amide bonds. The van der Waals surface area contributed by atoms with E-state index in [2.05, 4.69) is 31.9 Å². The van der Waals surface area contributed by atoms with Gasteiger partial charge in [0.2, 0.25) is 6.79 Å². The predicted octanol–water partition coefficient (Wildman–Crippen LogP) is 2.61. The van der Waals surface area contributed by atoms with Crippen molar-refractivity contribution in [1.29, 1.82) is 0 Å². The van der Waals surface area contributed by atoms with Crippen LogP contribution in [-0.4, -0.2) is 23.8 Å². The van der Waals surface area contributed by atoms with Crippen molar-refractivity contribution < 1.29 is 14.4 Å². The maximum Gasteiger partial charge on any atom is 0.260 e. The summed E-state index contributed by atoms with van der Waals surface area (Å²) in [4.78, 5) is 24.4. The molecular formula is C22H26N3O3S+. The van der Waals surface area contributed by atoms with Gasteiger partial charge in [0, 0.05) is 10.4 Å². The topological polar surface area (TPSA) is 68.7 Å². The highest BCUT2D eigenvalue weighted by atomic mass is 32.1. The molecule has 0 saturated carbocycles. The van der Waals surface area contributed by atoms with Crippen molar-refractivity contribution in [3.63, 3.8) is 0 Å². The van der Waals surface area contributed by atoms with E-state index >= 15 is 0 Å². The number of hydrogen-bond donors (Lipinski definition) is 2. The number of H-pyrrole nitrogens is 1. The number of thiophene rings is 1. The van der Waals surface area contributed by atoms with Crippen LogP contribution in [0, 0.1) is 5.92 Å². The van der Waals surface area contributed by atoms with E-state index in [9.17, 15) is 4.79 Å². The molecule has 0 bridgehead atoms. The monoisotopic (exact) mass is 412 g/mol. The summed E-state index contributed by atoms with van der Waals surface area (Å²) < 4.78 is 10.9. The first kappa shape index (κ1) is 18.6. The fourth-order valence-electron chi connectivity index (χ4n) is 4.33. The Balaban J connectivity index is 1.41. The summed E-state index contributed by atoms with van der Waals surface area (Å²) >= 11 is 1.71. The van der Waals surface area contributed by atoms with Crippen LogP contribution in [0.1, 0.15) is 48.1 Å². The lowest BCUT2D eigenvalue weighted by Crippen LogP contribution is -3.07. The van der Waals surface area contributed by atoms with Gasteiger partial charge in [-0.3, -0.25) is 4.79 Å². The highest BCUT2D eigenvalue weighted by molar-refractivity contribution is 7.18. The Morgan fingerprint density at radius 2 is 2.17 bits per heavy atom. The van der Waals surface area contributed by atoms with Gasteiger partial charge in [-0.2, -0.15) is 0 Å². The smallest absolute Gasteiger partial charge is 0.260 e. The second-order valence-corrected chi connectivity index (χ2v) is 9.50. The second kappa shape index (κ2) is 7.15. The zero-order valence-corrected chi connectivity index (χ0v) is 17.8. The van der Waals surface area contributed by atoms with Gasteiger partial charge >= 0.3 is 0 Å². The van der Waals surface area contributed by atoms with Gasteiger partial charge in [0.25, 0.3) is 5.56 Å². The molecular weight excluding hydrogens is 386 g/mol. The minimum Gasteiger partial charge on any atom is -0.454 e. The number of fused-ring (bicyclic) bond motifs is 4. The lowest BCUT2D eigenvalue weighted by atomic mass is 9.89. The third-order valence-corrected chi connectivity index (χ3v) is 7.40. The van der Waals surface area contributed by atoms with Gasteiger partial charge < -0.3 is 19.4 Å². The molecule has 0 saturated heterocycles. The number of quaternary nitrogens is 1. The molecule has 0 fully saturated rings. The van der Waals surface area contributed by atoms with E-state index in [4.69, 9.17) is 14.5 Å². The van der Waals surface area contributed by atoms with E-state index in [1.807, 2.05) is 12.1 Å². The Labute approximate surface area is 173 Å². The number of hydrogen-bond acceptors (Lipinski definition) is 5. The summed E-state index contributed by atoms with van der Waals surface area (Å²) in [5.74, 6) is 3.04. The Kier molecular flexibility index (Phi) is 4.59. The van der Waals surface area contributed by atoms with Crippen molar-refractivity contribution in [2.45, 2.75) is 45.7 Å². The Morgan fingerprint density at radius 1 is 1.34 bits per heavy atom. The summed E-state index contributed by atoms with van der Waals surface area (Å²) in [6.45, 7) is 5.49. The fraction of sp³-hybridized carbons (Fsp3) is 0.455. The average molecular weight is 413 g/mol. The van der Waals surface area contributed by atoms with E-state index in [1.54, 1.807) is 11.3 Å². The highest BCUT2D eigenvalue weighted by Gasteiger charge is 2.26. The number of rotatable bonds is 4. The summed E-state index contributed by atoms with van der Waals surface area (Å²) in [5.41, 5.74) is 2.42. The van der Waals surface area contributed by atoms with Gasteiger partial charge in [-0.25, -0.2) is 4.98 Å². The molecule has 1 unspecified atom stereocenters. The van der Waals surface area contributed by atoms with Gasteiger partial charge in [0.1, 0.15) is 17.4 Å². The minimum atomic E-state index is 0.0137. The lowest BCUT2D eigenvalue weighted by molar-refractivity contribution is -0.924. The Bertz CT molecular complexity index is 1140. The summed E-state index contributed by atoms with van der Waals surface area (Å²) in [6, 6.07) is 6.12. The first-order valence-corrected chi connectivity index (χ1v) is 11.1. The SMILES string of the molecule is C[C@@H]1CCc2c(sc3nc([C@@H](C)[NH+](C)Cc4ccc5c(c4)OCO5)[nH]c(=O)c23)C1. The summed E-state index contributed by atoms with van der Waals surface area (Å²) in [5, 5.41) is 0.821. The van der Waals surface area contributed by atoms with Crippen LogP contribution in [0.25, 0.3) is 10.2 Å². The number of aromatic nitrogens is 2. The summed E-state index contributed by atoms with van der Waals surface area (Å²) in [7, 11) is 2.13. The third-order valence-electron chi connectivity index (χ3n) is 6.25. The zero-order chi connectivity index (χ0) is 20.1. The van der Waals surface area contributed by atoms with E-state index in [0.717, 1.165) is 53.3 Å². The van der Waals surface area contributed by atoms with Crippen molar-refractivity contribution in [2.75, 3.05) is 13.8 Å². The van der Waals surface area contributed by atoms with Crippen LogP contribution < -0.4 is 19.9 Å².